The molecule has 10 aromatic carbocycles. The maximum atomic E-state index is 2.39. The fourth-order valence-corrected chi connectivity index (χ4v) is 9.92. The Labute approximate surface area is 330 Å². The lowest BCUT2D eigenvalue weighted by molar-refractivity contribution is 1.29. The third-order valence-corrected chi connectivity index (χ3v) is 12.5. The number of para-hydroxylation sites is 1. The molecule has 262 valence electrons. The molecule has 0 aliphatic rings. The number of fused-ring (bicyclic) bond motifs is 6. The van der Waals surface area contributed by atoms with E-state index in [0.717, 1.165) is 17.1 Å². The molecule has 1 heterocycles. The minimum Gasteiger partial charge on any atom is -0.310 e. The number of hydrogen-bond donors (Lipinski definition) is 0. The summed E-state index contributed by atoms with van der Waals surface area (Å²) in [6.45, 7) is 0. The second kappa shape index (κ2) is 13.4. The highest BCUT2D eigenvalue weighted by Crippen LogP contribution is 2.45. The van der Waals surface area contributed by atoms with Crippen molar-refractivity contribution in [2.75, 3.05) is 4.90 Å². The molecule has 0 saturated carbocycles. The van der Waals surface area contributed by atoms with Crippen LogP contribution < -0.4 is 4.90 Å². The SMILES string of the molecule is c1ccc(N(c2ccc(-c3cccc4cccc(-c5cccc6c5sc5ccccc56)c34)cc2)c2cc(-c3cccc4ccccc34)c3ccccc3c2)cc1. The third-order valence-electron chi connectivity index (χ3n) is 11.2. The summed E-state index contributed by atoms with van der Waals surface area (Å²) in [6.07, 6.45) is 0. The number of rotatable bonds is 6. The van der Waals surface area contributed by atoms with Crippen LogP contribution in [-0.4, -0.2) is 0 Å². The summed E-state index contributed by atoms with van der Waals surface area (Å²) >= 11 is 1.89. The molecule has 0 radical (unpaired) electrons. The smallest absolute Gasteiger partial charge is 0.0474 e. The highest BCUT2D eigenvalue weighted by molar-refractivity contribution is 7.26. The molecule has 0 aliphatic carbocycles. The van der Waals surface area contributed by atoms with Crippen molar-refractivity contribution in [1.29, 1.82) is 0 Å². The Morgan fingerprint density at radius 2 is 0.857 bits per heavy atom. The average Bonchev–Trinajstić information content (AvgIpc) is 3.65. The number of nitrogens with zero attached hydrogens (tertiary/aromatic N) is 1. The van der Waals surface area contributed by atoms with E-state index in [0.29, 0.717) is 0 Å². The molecular weight excluding hydrogens is 695 g/mol. The predicted octanol–water partition coefficient (Wildman–Crippen LogP) is 16.0. The highest BCUT2D eigenvalue weighted by atomic mass is 32.1. The summed E-state index contributed by atoms with van der Waals surface area (Å²) in [5.41, 5.74) is 10.8. The summed E-state index contributed by atoms with van der Waals surface area (Å²) in [5, 5.41) is 10.1. The zero-order valence-electron chi connectivity index (χ0n) is 30.6. The Kier molecular flexibility index (Phi) is 7.75. The first kappa shape index (κ1) is 32.4. The fourth-order valence-electron chi connectivity index (χ4n) is 8.69. The van der Waals surface area contributed by atoms with Crippen LogP contribution >= 0.6 is 11.3 Å². The minimum atomic E-state index is 1.11. The molecule has 56 heavy (non-hydrogen) atoms. The van der Waals surface area contributed by atoms with Gasteiger partial charge in [0.2, 0.25) is 0 Å². The van der Waals surface area contributed by atoms with Gasteiger partial charge in [-0.25, -0.2) is 0 Å². The fraction of sp³-hybridized carbons (Fsp3) is 0. The van der Waals surface area contributed by atoms with Gasteiger partial charge in [0.15, 0.2) is 0 Å². The van der Waals surface area contributed by atoms with Crippen molar-refractivity contribution >= 4 is 80.9 Å². The van der Waals surface area contributed by atoms with E-state index in [4.69, 9.17) is 0 Å². The molecule has 11 rings (SSSR count). The normalized spacial score (nSPS) is 11.6. The highest BCUT2D eigenvalue weighted by Gasteiger charge is 2.19. The van der Waals surface area contributed by atoms with Crippen LogP contribution in [0.1, 0.15) is 0 Å². The van der Waals surface area contributed by atoms with Crippen molar-refractivity contribution in [2.24, 2.45) is 0 Å². The average molecular weight is 730 g/mol. The van der Waals surface area contributed by atoms with E-state index < -0.39 is 0 Å². The van der Waals surface area contributed by atoms with Gasteiger partial charge in [0.25, 0.3) is 0 Å². The lowest BCUT2D eigenvalue weighted by Crippen LogP contribution is -2.10. The summed E-state index contributed by atoms with van der Waals surface area (Å²) < 4.78 is 2.66. The van der Waals surface area contributed by atoms with Gasteiger partial charge in [-0.1, -0.05) is 170 Å². The van der Waals surface area contributed by atoms with Crippen molar-refractivity contribution in [3.63, 3.8) is 0 Å². The van der Waals surface area contributed by atoms with E-state index in [9.17, 15) is 0 Å². The Bertz CT molecular complexity index is 3240. The third kappa shape index (κ3) is 5.38. The molecule has 1 nitrogen and oxygen atoms in total. The van der Waals surface area contributed by atoms with Crippen molar-refractivity contribution in [3.05, 3.63) is 212 Å². The first-order valence-corrected chi connectivity index (χ1v) is 20.0. The molecule has 0 bridgehead atoms. The number of thiophene rings is 1. The molecule has 1 aromatic heterocycles. The lowest BCUT2D eigenvalue weighted by atomic mass is 9.91. The monoisotopic (exact) mass is 729 g/mol. The van der Waals surface area contributed by atoms with Gasteiger partial charge in [0.1, 0.15) is 0 Å². The zero-order valence-corrected chi connectivity index (χ0v) is 31.4. The topological polar surface area (TPSA) is 3.24 Å². The molecule has 0 unspecified atom stereocenters. The predicted molar refractivity (Wildman–Crippen MR) is 243 cm³/mol. The summed E-state index contributed by atoms with van der Waals surface area (Å²) in [5.74, 6) is 0. The molecule has 0 saturated heterocycles. The zero-order chi connectivity index (χ0) is 37.0. The van der Waals surface area contributed by atoms with Gasteiger partial charge in [0.05, 0.1) is 0 Å². The van der Waals surface area contributed by atoms with E-state index in [1.54, 1.807) is 0 Å². The Hall–Kier alpha value is -7.00. The van der Waals surface area contributed by atoms with Crippen LogP contribution in [0.15, 0.2) is 212 Å². The van der Waals surface area contributed by atoms with Crippen LogP contribution in [0.2, 0.25) is 0 Å². The molecule has 0 spiro atoms. The standard InChI is InChI=1S/C54H35NS/c1-2-19-40(20-3-1)55(42-34-39-15-5-7-22-44(39)51(35-42)46-25-10-16-36-14-4-6-21-43(36)46)41-32-30-37(31-33-41)45-24-11-17-38-18-12-26-48(53(38)45)50-28-13-27-49-47-23-8-9-29-52(47)56-54(49)50/h1-35H. The van der Waals surface area contributed by atoms with E-state index in [1.165, 1.54) is 85.9 Å². The van der Waals surface area contributed by atoms with Crippen molar-refractivity contribution in [2.45, 2.75) is 0 Å². The summed E-state index contributed by atoms with van der Waals surface area (Å²) in [6, 6.07) is 77.7. The molecule has 0 aliphatic heterocycles. The minimum absolute atomic E-state index is 1.11. The van der Waals surface area contributed by atoms with Crippen LogP contribution in [-0.2, 0) is 0 Å². The Balaban J connectivity index is 1.07. The van der Waals surface area contributed by atoms with Crippen molar-refractivity contribution in [3.8, 4) is 33.4 Å². The first-order valence-electron chi connectivity index (χ1n) is 19.2. The van der Waals surface area contributed by atoms with E-state index in [1.807, 2.05) is 11.3 Å². The summed E-state index contributed by atoms with van der Waals surface area (Å²) in [7, 11) is 0. The first-order chi connectivity index (χ1) is 27.8. The number of benzene rings is 10. The molecule has 11 aromatic rings. The van der Waals surface area contributed by atoms with Crippen LogP contribution in [0.5, 0.6) is 0 Å². The molecule has 0 fully saturated rings. The molecule has 0 atom stereocenters. The van der Waals surface area contributed by atoms with Gasteiger partial charge in [-0.2, -0.15) is 0 Å². The van der Waals surface area contributed by atoms with Gasteiger partial charge in [0, 0.05) is 42.8 Å². The van der Waals surface area contributed by atoms with Crippen LogP contribution in [0.25, 0.3) is 85.9 Å². The quantitative estimate of drug-likeness (QED) is 0.165. The second-order valence-electron chi connectivity index (χ2n) is 14.4. The van der Waals surface area contributed by atoms with Gasteiger partial charge < -0.3 is 4.90 Å². The van der Waals surface area contributed by atoms with Gasteiger partial charge in [-0.3, -0.25) is 0 Å². The largest absolute Gasteiger partial charge is 0.310 e. The maximum absolute atomic E-state index is 2.39. The van der Waals surface area contributed by atoms with Crippen LogP contribution in [0.3, 0.4) is 0 Å². The Morgan fingerprint density at radius 3 is 1.66 bits per heavy atom. The van der Waals surface area contributed by atoms with Crippen LogP contribution in [0.4, 0.5) is 17.1 Å². The number of anilines is 3. The lowest BCUT2D eigenvalue weighted by Gasteiger charge is -2.27. The van der Waals surface area contributed by atoms with E-state index in [-0.39, 0.29) is 0 Å². The molecule has 0 N–H and O–H groups in total. The van der Waals surface area contributed by atoms with Crippen molar-refractivity contribution in [1.82, 2.24) is 0 Å². The number of hydrogen-bond acceptors (Lipinski definition) is 2. The second-order valence-corrected chi connectivity index (χ2v) is 15.5. The summed E-state index contributed by atoms with van der Waals surface area (Å²) in [4.78, 5) is 2.39. The molecule has 2 heteroatoms. The van der Waals surface area contributed by atoms with Gasteiger partial charge in [-0.15, -0.1) is 11.3 Å². The van der Waals surface area contributed by atoms with Gasteiger partial charge >= 0.3 is 0 Å². The molecular formula is C54H35NS. The van der Waals surface area contributed by atoms with E-state index in [2.05, 4.69) is 217 Å². The van der Waals surface area contributed by atoms with Crippen LogP contribution in [0, 0.1) is 0 Å². The molecule has 0 amide bonds. The van der Waals surface area contributed by atoms with E-state index >= 15 is 0 Å². The van der Waals surface area contributed by atoms with Crippen molar-refractivity contribution < 1.29 is 0 Å². The maximum Gasteiger partial charge on any atom is 0.0474 e. The van der Waals surface area contributed by atoms with Gasteiger partial charge in [-0.05, 0) is 103 Å². The Morgan fingerprint density at radius 1 is 0.304 bits per heavy atom.